The van der Waals surface area contributed by atoms with E-state index in [1.165, 1.54) is 0 Å². The van der Waals surface area contributed by atoms with Gasteiger partial charge in [0.1, 0.15) is 17.5 Å². The molecule has 0 aromatic heterocycles. The van der Waals surface area contributed by atoms with Gasteiger partial charge in [-0.3, -0.25) is 14.4 Å². The molecule has 0 aliphatic heterocycles. The average Bonchev–Trinajstić information content (AvgIpc) is 2.43. The van der Waals surface area contributed by atoms with Crippen molar-refractivity contribution < 1.29 is 14.4 Å². The predicted molar refractivity (Wildman–Crippen MR) is 91.2 cm³/mol. The van der Waals surface area contributed by atoms with Gasteiger partial charge in [0.15, 0.2) is 0 Å². The molecule has 2 rings (SSSR count). The topological polar surface area (TPSA) is 75.6 Å². The molecule has 0 unspecified atom stereocenters. The molecule has 1 aromatic carbocycles. The Kier molecular flexibility index (Phi) is 5.14. The van der Waals surface area contributed by atoms with E-state index in [2.05, 4.69) is 26.5 Å². The highest BCUT2D eigenvalue weighted by molar-refractivity contribution is 9.10. The van der Waals surface area contributed by atoms with Gasteiger partial charge in [0, 0.05) is 22.9 Å². The number of hydrogen-bond acceptors (Lipinski definition) is 4. The Morgan fingerprint density at radius 2 is 1.70 bits per heavy atom. The normalized spacial score (nSPS) is 18.9. The van der Waals surface area contributed by atoms with Crippen molar-refractivity contribution in [2.24, 2.45) is 16.4 Å². The molecule has 1 aromatic rings. The molecule has 122 valence electrons. The van der Waals surface area contributed by atoms with Gasteiger partial charge in [0.05, 0.1) is 5.71 Å². The van der Waals surface area contributed by atoms with Crippen LogP contribution < -0.4 is 5.43 Å². The second-order valence-corrected chi connectivity index (χ2v) is 7.50. The lowest BCUT2D eigenvalue weighted by Crippen LogP contribution is -2.41. The third kappa shape index (κ3) is 4.34. The monoisotopic (exact) mass is 378 g/mol. The number of nitrogens with zero attached hydrogens (tertiary/aromatic N) is 1. The molecule has 23 heavy (non-hydrogen) atoms. The van der Waals surface area contributed by atoms with Crippen molar-refractivity contribution in [2.45, 2.75) is 33.6 Å². The van der Waals surface area contributed by atoms with Crippen LogP contribution in [0.4, 0.5) is 0 Å². The van der Waals surface area contributed by atoms with Crippen molar-refractivity contribution in [3.05, 3.63) is 34.3 Å². The number of rotatable bonds is 3. The van der Waals surface area contributed by atoms with Crippen LogP contribution in [0.1, 0.15) is 44.0 Å². The third-order valence-electron chi connectivity index (χ3n) is 3.81. The number of halogens is 1. The maximum atomic E-state index is 12.2. The molecule has 1 saturated carbocycles. The lowest BCUT2D eigenvalue weighted by Gasteiger charge is -2.31. The van der Waals surface area contributed by atoms with E-state index in [1.54, 1.807) is 31.2 Å². The molecular weight excluding hydrogens is 360 g/mol. The van der Waals surface area contributed by atoms with E-state index in [9.17, 15) is 14.4 Å². The van der Waals surface area contributed by atoms with Gasteiger partial charge >= 0.3 is 0 Å². The largest absolute Gasteiger partial charge is 0.298 e. The summed E-state index contributed by atoms with van der Waals surface area (Å²) in [7, 11) is 0. The first-order valence-electron chi connectivity index (χ1n) is 7.35. The number of hydrazone groups is 1. The predicted octanol–water partition coefficient (Wildman–Crippen LogP) is 3.13. The van der Waals surface area contributed by atoms with E-state index < -0.39 is 5.92 Å². The van der Waals surface area contributed by atoms with E-state index in [-0.39, 0.29) is 22.9 Å². The zero-order valence-electron chi connectivity index (χ0n) is 13.4. The molecule has 0 bridgehead atoms. The lowest BCUT2D eigenvalue weighted by molar-refractivity contribution is -0.136. The third-order valence-corrected chi connectivity index (χ3v) is 4.34. The van der Waals surface area contributed by atoms with E-state index >= 15 is 0 Å². The maximum absolute atomic E-state index is 12.2. The average molecular weight is 379 g/mol. The van der Waals surface area contributed by atoms with Crippen molar-refractivity contribution in [1.82, 2.24) is 5.43 Å². The molecule has 1 aliphatic rings. The first-order chi connectivity index (χ1) is 10.7. The summed E-state index contributed by atoms with van der Waals surface area (Å²) in [5, 5.41) is 3.96. The van der Waals surface area contributed by atoms with Crippen LogP contribution in [0.2, 0.25) is 0 Å². The maximum Gasteiger partial charge on any atom is 0.271 e. The molecule has 0 heterocycles. The molecule has 1 fully saturated rings. The Balaban J connectivity index is 2.08. The van der Waals surface area contributed by atoms with Crippen LogP contribution in [0.15, 0.2) is 33.8 Å². The SMILES string of the molecule is C/C(=N/NC(=O)c1ccc(Br)cc1)C1C(=O)CC(C)(C)CC1=O. The Hall–Kier alpha value is -1.82. The summed E-state index contributed by atoms with van der Waals surface area (Å²) in [6.45, 7) is 5.41. The Labute approximate surface area is 143 Å². The standard InChI is InChI=1S/C17H19BrN2O3/c1-10(15-13(21)8-17(2,3)9-14(15)22)19-20-16(23)11-4-6-12(18)7-5-11/h4-7,15H,8-9H2,1-3H3,(H,20,23)/b19-10-. The van der Waals surface area contributed by atoms with Crippen molar-refractivity contribution >= 4 is 39.1 Å². The number of benzene rings is 1. The van der Waals surface area contributed by atoms with Crippen molar-refractivity contribution in [3.8, 4) is 0 Å². The fourth-order valence-corrected chi connectivity index (χ4v) is 2.99. The van der Waals surface area contributed by atoms with Gasteiger partial charge in [-0.25, -0.2) is 5.43 Å². The highest BCUT2D eigenvalue weighted by atomic mass is 79.9. The number of ketones is 2. The molecule has 1 aliphatic carbocycles. The van der Waals surface area contributed by atoms with Gasteiger partial charge in [-0.15, -0.1) is 0 Å². The van der Waals surface area contributed by atoms with Gasteiger partial charge in [0.25, 0.3) is 5.91 Å². The van der Waals surface area contributed by atoms with Crippen molar-refractivity contribution in [3.63, 3.8) is 0 Å². The highest BCUT2D eigenvalue weighted by Gasteiger charge is 2.41. The van der Waals surface area contributed by atoms with Crippen LogP contribution >= 0.6 is 15.9 Å². The Morgan fingerprint density at radius 1 is 1.17 bits per heavy atom. The molecule has 1 N–H and O–H groups in total. The fourth-order valence-electron chi connectivity index (χ4n) is 2.72. The van der Waals surface area contributed by atoms with E-state index in [0.29, 0.717) is 24.1 Å². The molecule has 0 atom stereocenters. The minimum Gasteiger partial charge on any atom is -0.298 e. The summed E-state index contributed by atoms with van der Waals surface area (Å²) in [5.41, 5.74) is 2.89. The van der Waals surface area contributed by atoms with E-state index in [1.807, 2.05) is 13.8 Å². The van der Waals surface area contributed by atoms with Crippen LogP contribution in [0.3, 0.4) is 0 Å². The van der Waals surface area contributed by atoms with Crippen LogP contribution in [0.5, 0.6) is 0 Å². The molecular formula is C17H19BrN2O3. The molecule has 1 amide bonds. The number of nitrogens with one attached hydrogen (secondary N) is 1. The summed E-state index contributed by atoms with van der Waals surface area (Å²) >= 11 is 3.30. The molecule has 6 heteroatoms. The summed E-state index contributed by atoms with van der Waals surface area (Å²) in [4.78, 5) is 36.4. The molecule has 0 spiro atoms. The van der Waals surface area contributed by atoms with Gasteiger partial charge in [-0.1, -0.05) is 29.8 Å². The molecule has 0 saturated heterocycles. The number of Topliss-reactive ketones (excluding diaryl/α,β-unsaturated/α-hetero) is 2. The second-order valence-electron chi connectivity index (χ2n) is 6.58. The van der Waals surface area contributed by atoms with Gasteiger partial charge in [-0.2, -0.15) is 5.10 Å². The molecule has 5 nitrogen and oxygen atoms in total. The zero-order valence-corrected chi connectivity index (χ0v) is 14.9. The number of hydrogen-bond donors (Lipinski definition) is 1. The van der Waals surface area contributed by atoms with Crippen LogP contribution in [-0.2, 0) is 9.59 Å². The summed E-state index contributed by atoms with van der Waals surface area (Å²) in [5.74, 6) is -1.49. The number of amides is 1. The Bertz CT molecular complexity index is 658. The number of carbonyl (C=O) groups is 3. The highest BCUT2D eigenvalue weighted by Crippen LogP contribution is 2.34. The number of carbonyl (C=O) groups excluding carboxylic acids is 3. The molecule has 0 radical (unpaired) electrons. The second kappa shape index (κ2) is 6.74. The Morgan fingerprint density at radius 3 is 2.22 bits per heavy atom. The first-order valence-corrected chi connectivity index (χ1v) is 8.14. The minimum absolute atomic E-state index is 0.134. The van der Waals surface area contributed by atoms with Crippen LogP contribution in [-0.4, -0.2) is 23.2 Å². The van der Waals surface area contributed by atoms with Gasteiger partial charge in [0.2, 0.25) is 0 Å². The van der Waals surface area contributed by atoms with Crippen molar-refractivity contribution in [1.29, 1.82) is 0 Å². The summed E-state index contributed by atoms with van der Waals surface area (Å²) in [6.07, 6.45) is 0.688. The quantitative estimate of drug-likeness (QED) is 0.498. The van der Waals surface area contributed by atoms with E-state index in [4.69, 9.17) is 0 Å². The van der Waals surface area contributed by atoms with Gasteiger partial charge < -0.3 is 0 Å². The zero-order chi connectivity index (χ0) is 17.2. The summed E-state index contributed by atoms with van der Waals surface area (Å²) in [6, 6.07) is 6.82. The smallest absolute Gasteiger partial charge is 0.271 e. The first kappa shape index (κ1) is 17.5. The van der Waals surface area contributed by atoms with Crippen molar-refractivity contribution in [2.75, 3.05) is 0 Å². The summed E-state index contributed by atoms with van der Waals surface area (Å²) < 4.78 is 0.870. The minimum atomic E-state index is -0.840. The lowest BCUT2D eigenvalue weighted by atomic mass is 9.70. The van der Waals surface area contributed by atoms with Crippen LogP contribution in [0, 0.1) is 11.3 Å². The van der Waals surface area contributed by atoms with E-state index in [0.717, 1.165) is 4.47 Å². The van der Waals surface area contributed by atoms with Crippen LogP contribution in [0.25, 0.3) is 0 Å². The fraction of sp³-hybridized carbons (Fsp3) is 0.412. The van der Waals surface area contributed by atoms with Gasteiger partial charge in [-0.05, 0) is 36.6 Å².